The van der Waals surface area contributed by atoms with Crippen LogP contribution in [0.25, 0.3) is 0 Å². The minimum absolute atomic E-state index is 0.377. The molecule has 0 bridgehead atoms. The van der Waals surface area contributed by atoms with Crippen molar-refractivity contribution in [1.29, 1.82) is 0 Å². The van der Waals surface area contributed by atoms with Crippen LogP contribution in [0.15, 0.2) is 0 Å². The van der Waals surface area contributed by atoms with E-state index in [2.05, 4.69) is 9.05 Å². The van der Waals surface area contributed by atoms with Gasteiger partial charge in [0.25, 0.3) is 20.0 Å². The monoisotopic (exact) mass is 904 g/mol. The van der Waals surface area contributed by atoms with Gasteiger partial charge in [0.1, 0.15) is 0 Å². The summed E-state index contributed by atoms with van der Waals surface area (Å²) in [5, 5.41) is -15.1. The fraction of sp³-hybridized carbons (Fsp3) is 1.00. The van der Waals surface area contributed by atoms with Gasteiger partial charge in [0.05, 0.1) is 13.2 Å². The molecule has 53 heavy (non-hydrogen) atoms. The molecule has 0 spiro atoms. The number of likely N-dealkylation sites (N-methyl/N-ethyl adjacent to an activating group) is 2. The minimum atomic E-state index is -8.19. The van der Waals surface area contributed by atoms with Crippen LogP contribution in [-0.4, -0.2) is 128 Å². The summed E-state index contributed by atoms with van der Waals surface area (Å²) in [5.74, 6) is -48.5. The maximum atomic E-state index is 14.2. The summed E-state index contributed by atoms with van der Waals surface area (Å²) in [7, 11) is -21.0. The van der Waals surface area contributed by atoms with E-state index in [1.54, 1.807) is 0 Å². The molecule has 0 fully saturated rings. The highest BCUT2D eigenvalue weighted by Gasteiger charge is 2.91. The molecule has 0 aromatic carbocycles. The van der Waals surface area contributed by atoms with E-state index < -0.39 is 134 Å². The van der Waals surface area contributed by atoms with Crippen LogP contribution in [0.1, 0.15) is 13.8 Å². The van der Waals surface area contributed by atoms with Gasteiger partial charge in [0.2, 0.25) is 0 Å². The summed E-state index contributed by atoms with van der Waals surface area (Å²) in [4.78, 5) is 9.48. The number of nitrogens with zero attached hydrogens (tertiary/aromatic N) is 2. The first-order chi connectivity index (χ1) is 22.8. The largest absolute Gasteiger partial charge is 0.472 e. The lowest BCUT2D eigenvalue weighted by Crippen LogP contribution is -2.69. The van der Waals surface area contributed by atoms with Crippen molar-refractivity contribution in [3.63, 3.8) is 0 Å². The zero-order valence-electron chi connectivity index (χ0n) is 25.0. The Morgan fingerprint density at radius 1 is 0.472 bits per heavy atom. The Morgan fingerprint density at radius 2 is 0.698 bits per heavy atom. The standard InChI is InChI=1S/C18H19F22N2O8PS2/c1-3-41(52(45,46)17(37,38)13(27,28)9(19,20)11(23,24)15(31,32)33)5-7-49-51(43,44)50-8-6-42(4-2)53(47,48)18(39,40)14(29,30)10(21,22)12(25,26)16(34,35)36/h3-8H2,1-2H3,(H,43,44). The van der Waals surface area contributed by atoms with Crippen LogP contribution in [0.5, 0.6) is 0 Å². The third-order valence-electron chi connectivity index (χ3n) is 6.24. The fourth-order valence-electron chi connectivity index (χ4n) is 3.21. The second-order valence-corrected chi connectivity index (χ2v) is 15.0. The number of halogens is 22. The fourth-order valence-corrected chi connectivity index (χ4v) is 6.78. The van der Waals surface area contributed by atoms with Crippen molar-refractivity contribution in [3.8, 4) is 0 Å². The molecule has 0 aliphatic carbocycles. The molecule has 0 aromatic rings. The van der Waals surface area contributed by atoms with Crippen LogP contribution in [0.2, 0.25) is 0 Å². The maximum absolute atomic E-state index is 14.2. The van der Waals surface area contributed by atoms with E-state index in [9.17, 15) is 123 Å². The zero-order chi connectivity index (χ0) is 43.3. The normalized spacial score (nSPS) is 16.2. The van der Waals surface area contributed by atoms with E-state index in [1.165, 1.54) is 0 Å². The smallest absolute Gasteiger partial charge is 0.302 e. The number of phosphoric acid groups is 1. The summed E-state index contributed by atoms with van der Waals surface area (Å²) < 4.78 is 357. The van der Waals surface area contributed by atoms with Crippen molar-refractivity contribution in [2.45, 2.75) is 72.2 Å². The van der Waals surface area contributed by atoms with E-state index >= 15 is 0 Å². The molecule has 0 aliphatic heterocycles. The molecule has 0 saturated carbocycles. The molecule has 10 nitrogen and oxygen atoms in total. The topological polar surface area (TPSA) is 131 Å². The van der Waals surface area contributed by atoms with Crippen molar-refractivity contribution in [2.24, 2.45) is 0 Å². The van der Waals surface area contributed by atoms with Crippen LogP contribution in [0.3, 0.4) is 0 Å². The molecule has 0 atom stereocenters. The molecule has 0 heterocycles. The van der Waals surface area contributed by atoms with E-state index in [0.717, 1.165) is 0 Å². The first-order valence-corrected chi connectivity index (χ1v) is 17.0. The summed E-state index contributed by atoms with van der Waals surface area (Å²) in [5.41, 5.74) is 0. The average Bonchev–Trinajstić information content (AvgIpc) is 2.95. The van der Waals surface area contributed by atoms with Crippen molar-refractivity contribution >= 4 is 27.9 Å². The van der Waals surface area contributed by atoms with Crippen molar-refractivity contribution in [3.05, 3.63) is 0 Å². The van der Waals surface area contributed by atoms with Gasteiger partial charge >= 0.3 is 66.2 Å². The molecule has 0 aromatic heterocycles. The molecule has 0 saturated heterocycles. The number of alkyl halides is 22. The van der Waals surface area contributed by atoms with Gasteiger partial charge in [-0.2, -0.15) is 105 Å². The molecule has 0 aliphatic rings. The Balaban J connectivity index is 6.04. The number of hydrogen-bond acceptors (Lipinski definition) is 7. The first kappa shape index (κ1) is 51.4. The molecule has 0 unspecified atom stereocenters. The van der Waals surface area contributed by atoms with E-state index in [0.29, 0.717) is 13.8 Å². The molecule has 0 amide bonds. The second-order valence-electron chi connectivity index (χ2n) is 9.60. The van der Waals surface area contributed by atoms with E-state index in [-0.39, 0.29) is 0 Å². The number of rotatable bonds is 20. The zero-order valence-corrected chi connectivity index (χ0v) is 27.5. The average molecular weight is 904 g/mol. The summed E-state index contributed by atoms with van der Waals surface area (Å²) in [6.07, 6.45) is -15.3. The molecule has 1 N–H and O–H groups in total. The quantitative estimate of drug-likeness (QED) is 0.108. The molecule has 320 valence electrons. The third kappa shape index (κ3) is 8.42. The van der Waals surface area contributed by atoms with Crippen LogP contribution >= 0.6 is 7.82 Å². The summed E-state index contributed by atoms with van der Waals surface area (Å²) in [6.45, 7) is -10.4. The summed E-state index contributed by atoms with van der Waals surface area (Å²) >= 11 is 0. The molecular formula is C18H19F22N2O8PS2. The van der Waals surface area contributed by atoms with E-state index in [1.807, 2.05) is 0 Å². The first-order valence-electron chi connectivity index (χ1n) is 12.6. The predicted molar refractivity (Wildman–Crippen MR) is 126 cm³/mol. The lowest BCUT2D eigenvalue weighted by molar-refractivity contribution is -0.413. The van der Waals surface area contributed by atoms with Crippen LogP contribution < -0.4 is 0 Å². The van der Waals surface area contributed by atoms with E-state index in [4.69, 9.17) is 0 Å². The molecule has 0 rings (SSSR count). The second kappa shape index (κ2) is 15.0. The third-order valence-corrected chi connectivity index (χ3v) is 11.3. The highest BCUT2D eigenvalue weighted by Crippen LogP contribution is 2.60. The lowest BCUT2D eigenvalue weighted by Gasteiger charge is -2.38. The molecular weight excluding hydrogens is 885 g/mol. The summed E-state index contributed by atoms with van der Waals surface area (Å²) in [6, 6.07) is 0. The van der Waals surface area contributed by atoms with Gasteiger partial charge in [0, 0.05) is 26.2 Å². The predicted octanol–water partition coefficient (Wildman–Crippen LogP) is 6.55. The molecule has 0 radical (unpaired) electrons. The Morgan fingerprint density at radius 3 is 0.887 bits per heavy atom. The van der Waals surface area contributed by atoms with Gasteiger partial charge in [-0.1, -0.05) is 13.8 Å². The van der Waals surface area contributed by atoms with Gasteiger partial charge < -0.3 is 4.89 Å². The minimum Gasteiger partial charge on any atom is -0.302 e. The van der Waals surface area contributed by atoms with Crippen molar-refractivity contribution < 1.29 is 132 Å². The number of sulfonamides is 2. The van der Waals surface area contributed by atoms with Crippen molar-refractivity contribution in [1.82, 2.24) is 8.61 Å². The van der Waals surface area contributed by atoms with Gasteiger partial charge in [-0.05, 0) is 0 Å². The Labute approximate surface area is 280 Å². The number of phosphoric ester groups is 1. The van der Waals surface area contributed by atoms with Gasteiger partial charge in [-0.3, -0.25) is 9.05 Å². The highest BCUT2D eigenvalue weighted by molar-refractivity contribution is 7.90. The maximum Gasteiger partial charge on any atom is 0.472 e. The van der Waals surface area contributed by atoms with Crippen LogP contribution in [0, 0.1) is 0 Å². The van der Waals surface area contributed by atoms with Crippen molar-refractivity contribution in [2.75, 3.05) is 39.4 Å². The number of hydrogen-bond donors (Lipinski definition) is 1. The Kier molecular flexibility index (Phi) is 14.6. The van der Waals surface area contributed by atoms with Gasteiger partial charge in [0.15, 0.2) is 0 Å². The highest BCUT2D eigenvalue weighted by atomic mass is 32.2. The lowest BCUT2D eigenvalue weighted by atomic mass is 10.0. The van der Waals surface area contributed by atoms with Crippen LogP contribution in [-0.2, 0) is 33.7 Å². The Bertz CT molecular complexity index is 1440. The van der Waals surface area contributed by atoms with Crippen LogP contribution in [0.4, 0.5) is 96.6 Å². The van der Waals surface area contributed by atoms with Gasteiger partial charge in [-0.15, -0.1) is 0 Å². The SMILES string of the molecule is CCN(CCOP(=O)(O)OCCN(CC)S(=O)(=O)C(F)(F)C(F)(F)C(F)(F)C(F)(F)C(F)(F)F)S(=O)(=O)C(F)(F)C(F)(F)C(F)(F)C(F)(F)C(F)(F)F. The van der Waals surface area contributed by atoms with Gasteiger partial charge in [-0.25, -0.2) is 21.4 Å². The Hall–Kier alpha value is -1.61. The molecule has 35 heteroatoms.